The van der Waals surface area contributed by atoms with E-state index in [0.717, 1.165) is 16.9 Å². The molecule has 3 amide bonds. The van der Waals surface area contributed by atoms with E-state index in [-0.39, 0.29) is 43.5 Å². The molecule has 0 unspecified atom stereocenters. The van der Waals surface area contributed by atoms with Gasteiger partial charge in [-0.2, -0.15) is 0 Å². The molecule has 1 N–H and O–H groups in total. The summed E-state index contributed by atoms with van der Waals surface area (Å²) in [5.41, 5.74) is 1.98. The molecule has 126 valence electrons. The number of aromatic nitrogens is 2. The number of fused-ring (bicyclic) bond motifs is 1. The number of likely N-dealkylation sites (tertiary alicyclic amines) is 1. The number of para-hydroxylation sites is 2. The van der Waals surface area contributed by atoms with Gasteiger partial charge in [-0.05, 0) is 19.1 Å². The lowest BCUT2D eigenvalue weighted by molar-refractivity contribution is -0.138. The van der Waals surface area contributed by atoms with E-state index in [0.29, 0.717) is 13.1 Å². The summed E-state index contributed by atoms with van der Waals surface area (Å²) in [7, 11) is 0. The number of benzene rings is 1. The minimum Gasteiger partial charge on any atom is -0.354 e. The molecule has 2 heterocycles. The summed E-state index contributed by atoms with van der Waals surface area (Å²) in [6.07, 6.45) is 0.655. The van der Waals surface area contributed by atoms with Crippen molar-refractivity contribution in [2.24, 2.45) is 0 Å². The number of amides is 3. The van der Waals surface area contributed by atoms with Gasteiger partial charge in [-0.25, -0.2) is 4.98 Å². The molecule has 7 heteroatoms. The van der Waals surface area contributed by atoms with Gasteiger partial charge < -0.3 is 9.88 Å². The molecule has 24 heavy (non-hydrogen) atoms. The molecule has 3 rings (SSSR count). The summed E-state index contributed by atoms with van der Waals surface area (Å²) < 4.78 is 2.06. The molecule has 1 aromatic heterocycles. The highest BCUT2D eigenvalue weighted by Gasteiger charge is 2.28. The van der Waals surface area contributed by atoms with Crippen molar-refractivity contribution >= 4 is 28.8 Å². The first-order valence-corrected chi connectivity index (χ1v) is 8.08. The summed E-state index contributed by atoms with van der Waals surface area (Å²) in [5.74, 6) is 0.366. The number of hydrogen-bond acceptors (Lipinski definition) is 4. The monoisotopic (exact) mass is 328 g/mol. The van der Waals surface area contributed by atoms with Crippen molar-refractivity contribution in [1.29, 1.82) is 0 Å². The molecule has 0 aliphatic carbocycles. The normalized spacial score (nSPS) is 14.6. The van der Waals surface area contributed by atoms with E-state index < -0.39 is 0 Å². The highest BCUT2D eigenvalue weighted by atomic mass is 16.2. The minimum atomic E-state index is -0.187. The molecule has 1 aromatic carbocycles. The first kappa shape index (κ1) is 16.2. The Labute approximate surface area is 139 Å². The van der Waals surface area contributed by atoms with Crippen molar-refractivity contribution in [2.75, 3.05) is 13.1 Å². The number of aryl methyl sites for hydroxylation is 1. The smallest absolute Gasteiger partial charge is 0.229 e. The Morgan fingerprint density at radius 1 is 1.17 bits per heavy atom. The third-order valence-corrected chi connectivity index (χ3v) is 4.22. The molecule has 1 aliphatic heterocycles. The van der Waals surface area contributed by atoms with Gasteiger partial charge >= 0.3 is 0 Å². The topological polar surface area (TPSA) is 84.3 Å². The highest BCUT2D eigenvalue weighted by molar-refractivity contribution is 6.02. The van der Waals surface area contributed by atoms with E-state index in [1.807, 2.05) is 31.2 Å². The van der Waals surface area contributed by atoms with Crippen LogP contribution >= 0.6 is 0 Å². The van der Waals surface area contributed by atoms with Gasteiger partial charge in [0.2, 0.25) is 17.7 Å². The molecule has 2 aromatic rings. The Morgan fingerprint density at radius 2 is 1.88 bits per heavy atom. The Bertz CT molecular complexity index is 780. The average molecular weight is 328 g/mol. The number of carbonyl (C=O) groups is 3. The first-order valence-electron chi connectivity index (χ1n) is 8.08. The Kier molecular flexibility index (Phi) is 4.59. The molecule has 1 fully saturated rings. The molecule has 0 bridgehead atoms. The SMILES string of the molecule is Cc1nc2ccccc2n1CCNC(=O)CCN1C(=O)CCC1=O. The predicted octanol–water partition coefficient (Wildman–Crippen LogP) is 1.00. The van der Waals surface area contributed by atoms with Gasteiger partial charge in [-0.3, -0.25) is 19.3 Å². The van der Waals surface area contributed by atoms with Crippen molar-refractivity contribution in [3.05, 3.63) is 30.1 Å². The van der Waals surface area contributed by atoms with Crippen LogP contribution in [0, 0.1) is 6.92 Å². The zero-order valence-corrected chi connectivity index (χ0v) is 13.6. The van der Waals surface area contributed by atoms with E-state index in [9.17, 15) is 14.4 Å². The van der Waals surface area contributed by atoms with Gasteiger partial charge in [0.25, 0.3) is 0 Å². The maximum absolute atomic E-state index is 11.9. The van der Waals surface area contributed by atoms with Crippen LogP contribution in [0.3, 0.4) is 0 Å². The summed E-state index contributed by atoms with van der Waals surface area (Å²) in [6.45, 7) is 3.20. The third-order valence-electron chi connectivity index (χ3n) is 4.22. The van der Waals surface area contributed by atoms with Crippen LogP contribution in [0.25, 0.3) is 11.0 Å². The van der Waals surface area contributed by atoms with Crippen molar-refractivity contribution < 1.29 is 14.4 Å². The average Bonchev–Trinajstić information content (AvgIpc) is 3.05. The van der Waals surface area contributed by atoms with Gasteiger partial charge in [-0.15, -0.1) is 0 Å². The Balaban J connectivity index is 1.49. The Morgan fingerprint density at radius 3 is 2.62 bits per heavy atom. The van der Waals surface area contributed by atoms with Crippen LogP contribution in [0.5, 0.6) is 0 Å². The quantitative estimate of drug-likeness (QED) is 0.802. The number of rotatable bonds is 6. The van der Waals surface area contributed by atoms with Gasteiger partial charge in [0.05, 0.1) is 11.0 Å². The van der Waals surface area contributed by atoms with Gasteiger partial charge in [-0.1, -0.05) is 12.1 Å². The van der Waals surface area contributed by atoms with E-state index in [1.54, 1.807) is 0 Å². The molecule has 0 radical (unpaired) electrons. The fourth-order valence-corrected chi connectivity index (χ4v) is 2.96. The lowest BCUT2D eigenvalue weighted by Crippen LogP contribution is -2.35. The van der Waals surface area contributed by atoms with Crippen molar-refractivity contribution in [3.63, 3.8) is 0 Å². The molecular weight excluding hydrogens is 308 g/mol. The summed E-state index contributed by atoms with van der Waals surface area (Å²) in [5, 5.41) is 2.83. The largest absolute Gasteiger partial charge is 0.354 e. The van der Waals surface area contributed by atoms with E-state index >= 15 is 0 Å². The first-order chi connectivity index (χ1) is 11.6. The van der Waals surface area contributed by atoms with Crippen LogP contribution in [-0.4, -0.2) is 45.3 Å². The minimum absolute atomic E-state index is 0.140. The van der Waals surface area contributed by atoms with Crippen LogP contribution in [0.2, 0.25) is 0 Å². The van der Waals surface area contributed by atoms with Crippen LogP contribution in [-0.2, 0) is 20.9 Å². The molecule has 1 aliphatic rings. The van der Waals surface area contributed by atoms with Gasteiger partial charge in [0.1, 0.15) is 5.82 Å². The second-order valence-electron chi connectivity index (χ2n) is 5.84. The predicted molar refractivity (Wildman–Crippen MR) is 88.1 cm³/mol. The zero-order chi connectivity index (χ0) is 17.1. The zero-order valence-electron chi connectivity index (χ0n) is 13.6. The second kappa shape index (κ2) is 6.82. The molecule has 7 nitrogen and oxygen atoms in total. The fourth-order valence-electron chi connectivity index (χ4n) is 2.96. The number of nitrogens with one attached hydrogen (secondary N) is 1. The van der Waals surface area contributed by atoms with Crippen LogP contribution in [0.1, 0.15) is 25.1 Å². The van der Waals surface area contributed by atoms with Crippen LogP contribution < -0.4 is 5.32 Å². The van der Waals surface area contributed by atoms with Gasteiger partial charge in [0.15, 0.2) is 0 Å². The number of nitrogens with zero attached hydrogens (tertiary/aromatic N) is 3. The molecular formula is C17H20N4O3. The Hall–Kier alpha value is -2.70. The van der Waals surface area contributed by atoms with Gasteiger partial charge in [0, 0.05) is 38.9 Å². The molecule has 0 atom stereocenters. The van der Waals surface area contributed by atoms with Crippen LogP contribution in [0.15, 0.2) is 24.3 Å². The lowest BCUT2D eigenvalue weighted by atomic mass is 10.3. The summed E-state index contributed by atoms with van der Waals surface area (Å²) in [6, 6.07) is 7.87. The maximum atomic E-state index is 11.9. The molecule has 0 saturated carbocycles. The molecule has 0 spiro atoms. The van der Waals surface area contributed by atoms with E-state index in [4.69, 9.17) is 0 Å². The number of imide groups is 1. The lowest BCUT2D eigenvalue weighted by Gasteiger charge is -2.13. The number of imidazole rings is 1. The number of carbonyl (C=O) groups excluding carboxylic acids is 3. The second-order valence-corrected chi connectivity index (χ2v) is 5.84. The maximum Gasteiger partial charge on any atom is 0.229 e. The van der Waals surface area contributed by atoms with Crippen molar-refractivity contribution in [2.45, 2.75) is 32.7 Å². The van der Waals surface area contributed by atoms with E-state index in [2.05, 4.69) is 14.9 Å². The van der Waals surface area contributed by atoms with Crippen molar-refractivity contribution in [1.82, 2.24) is 19.8 Å². The molecule has 1 saturated heterocycles. The summed E-state index contributed by atoms with van der Waals surface area (Å²) in [4.78, 5) is 40.5. The fraction of sp³-hybridized carbons (Fsp3) is 0.412. The van der Waals surface area contributed by atoms with Crippen LogP contribution in [0.4, 0.5) is 0 Å². The number of hydrogen-bond donors (Lipinski definition) is 1. The summed E-state index contributed by atoms with van der Waals surface area (Å²) >= 11 is 0. The van der Waals surface area contributed by atoms with Crippen molar-refractivity contribution in [3.8, 4) is 0 Å². The highest BCUT2D eigenvalue weighted by Crippen LogP contribution is 2.15. The standard InChI is InChI=1S/C17H20N4O3/c1-12-19-13-4-2-3-5-14(13)20(12)11-9-18-15(22)8-10-21-16(23)6-7-17(21)24/h2-5H,6-11H2,1H3,(H,18,22). The third kappa shape index (κ3) is 3.29. The van der Waals surface area contributed by atoms with E-state index in [1.165, 1.54) is 4.90 Å².